The van der Waals surface area contributed by atoms with Gasteiger partial charge in [-0.3, -0.25) is 9.10 Å². The molecule has 0 spiro atoms. The number of amides is 1. The van der Waals surface area contributed by atoms with Crippen LogP contribution in [-0.4, -0.2) is 27.1 Å². The maximum Gasteiger partial charge on any atom is 0.232 e. The molecule has 0 saturated heterocycles. The van der Waals surface area contributed by atoms with E-state index in [1.165, 1.54) is 12.1 Å². The average molecular weight is 372 g/mol. The van der Waals surface area contributed by atoms with Crippen LogP contribution in [0.3, 0.4) is 0 Å². The van der Waals surface area contributed by atoms with Crippen LogP contribution in [0, 0.1) is 17.5 Å². The number of halogens is 3. The number of anilines is 2. The van der Waals surface area contributed by atoms with E-state index in [1.807, 2.05) is 0 Å². The number of carbonyl (C=O) groups is 1. The molecule has 1 amide bonds. The van der Waals surface area contributed by atoms with Crippen LogP contribution in [0.1, 0.15) is 6.42 Å². The van der Waals surface area contributed by atoms with Crippen LogP contribution in [0.2, 0.25) is 0 Å². The predicted octanol–water partition coefficient (Wildman–Crippen LogP) is 2.90. The highest BCUT2D eigenvalue weighted by molar-refractivity contribution is 7.92. The van der Waals surface area contributed by atoms with E-state index >= 15 is 0 Å². The van der Waals surface area contributed by atoms with Crippen molar-refractivity contribution in [2.75, 3.05) is 22.4 Å². The van der Waals surface area contributed by atoms with E-state index in [-0.39, 0.29) is 24.3 Å². The Morgan fingerprint density at radius 3 is 2.36 bits per heavy atom. The highest BCUT2D eigenvalue weighted by atomic mass is 32.2. The lowest BCUT2D eigenvalue weighted by Gasteiger charge is -2.22. The van der Waals surface area contributed by atoms with Crippen molar-refractivity contribution in [3.8, 4) is 0 Å². The summed E-state index contributed by atoms with van der Waals surface area (Å²) in [6.45, 7) is -0.267. The first-order valence-electron chi connectivity index (χ1n) is 7.15. The second-order valence-electron chi connectivity index (χ2n) is 5.24. The molecule has 2 aromatic rings. The van der Waals surface area contributed by atoms with Crippen molar-refractivity contribution in [3.05, 3.63) is 59.9 Å². The Bertz CT molecular complexity index is 888. The topological polar surface area (TPSA) is 66.5 Å². The highest BCUT2D eigenvalue weighted by Gasteiger charge is 2.19. The van der Waals surface area contributed by atoms with Gasteiger partial charge in [-0.1, -0.05) is 6.07 Å². The fourth-order valence-corrected chi connectivity index (χ4v) is 3.04. The molecule has 0 aliphatic carbocycles. The van der Waals surface area contributed by atoms with E-state index in [0.29, 0.717) is 6.07 Å². The van der Waals surface area contributed by atoms with Gasteiger partial charge in [0.15, 0.2) is 0 Å². The van der Waals surface area contributed by atoms with E-state index in [2.05, 4.69) is 5.32 Å². The Morgan fingerprint density at radius 2 is 1.76 bits per heavy atom. The minimum Gasteiger partial charge on any atom is -0.324 e. The first kappa shape index (κ1) is 18.8. The molecular weight excluding hydrogens is 357 g/mol. The van der Waals surface area contributed by atoms with Gasteiger partial charge in [0.2, 0.25) is 15.9 Å². The molecule has 5 nitrogen and oxygen atoms in total. The normalized spacial score (nSPS) is 11.2. The van der Waals surface area contributed by atoms with E-state index in [1.54, 1.807) is 0 Å². The van der Waals surface area contributed by atoms with Crippen molar-refractivity contribution in [3.63, 3.8) is 0 Å². The molecule has 1 N–H and O–H groups in total. The van der Waals surface area contributed by atoms with Crippen LogP contribution in [-0.2, 0) is 14.8 Å². The molecule has 0 bridgehead atoms. The van der Waals surface area contributed by atoms with Gasteiger partial charge in [0.05, 0.1) is 17.6 Å². The molecule has 25 heavy (non-hydrogen) atoms. The number of sulfonamides is 1. The number of hydrogen-bond acceptors (Lipinski definition) is 3. The van der Waals surface area contributed by atoms with Crippen molar-refractivity contribution in [2.45, 2.75) is 6.42 Å². The molecular formula is C16H15F3N2O3S. The summed E-state index contributed by atoms with van der Waals surface area (Å²) in [5, 5.41) is 2.23. The number of nitrogens with one attached hydrogen (secondary N) is 1. The summed E-state index contributed by atoms with van der Waals surface area (Å²) in [4.78, 5) is 11.9. The second-order valence-corrected chi connectivity index (χ2v) is 7.14. The van der Waals surface area contributed by atoms with E-state index in [4.69, 9.17) is 0 Å². The molecule has 0 unspecified atom stereocenters. The third-order valence-electron chi connectivity index (χ3n) is 3.24. The van der Waals surface area contributed by atoms with Gasteiger partial charge in [-0.05, 0) is 30.3 Å². The predicted molar refractivity (Wildman–Crippen MR) is 88.2 cm³/mol. The Balaban J connectivity index is 2.09. The second kappa shape index (κ2) is 7.56. The first-order chi connectivity index (χ1) is 11.7. The standard InChI is InChI=1S/C16H15F3N2O3S/c1-25(23,24)21(13-4-2-3-11(17)9-13)8-7-16(22)20-15-6-5-12(18)10-14(15)19/h2-6,9-10H,7-8H2,1H3,(H,20,22). The molecule has 0 aliphatic heterocycles. The number of carbonyl (C=O) groups excluding carboxylic acids is 1. The molecule has 0 radical (unpaired) electrons. The van der Waals surface area contributed by atoms with Crippen LogP contribution >= 0.6 is 0 Å². The Labute approximate surface area is 143 Å². The summed E-state index contributed by atoms with van der Waals surface area (Å²) in [5.41, 5.74) is -0.147. The monoisotopic (exact) mass is 372 g/mol. The van der Waals surface area contributed by atoms with Gasteiger partial charge in [0, 0.05) is 19.0 Å². The highest BCUT2D eigenvalue weighted by Crippen LogP contribution is 2.20. The number of hydrogen-bond donors (Lipinski definition) is 1. The molecule has 0 aliphatic rings. The van der Waals surface area contributed by atoms with Crippen LogP contribution in [0.15, 0.2) is 42.5 Å². The SMILES string of the molecule is CS(=O)(=O)N(CCC(=O)Nc1ccc(F)cc1F)c1cccc(F)c1. The first-order valence-corrected chi connectivity index (χ1v) is 9.00. The summed E-state index contributed by atoms with van der Waals surface area (Å²) in [7, 11) is -3.75. The van der Waals surface area contributed by atoms with Gasteiger partial charge in [-0.2, -0.15) is 0 Å². The minimum atomic E-state index is -3.75. The molecule has 0 fully saturated rings. The zero-order chi connectivity index (χ0) is 18.6. The van der Waals surface area contributed by atoms with Crippen molar-refractivity contribution < 1.29 is 26.4 Å². The quantitative estimate of drug-likeness (QED) is 0.848. The van der Waals surface area contributed by atoms with Crippen molar-refractivity contribution >= 4 is 27.3 Å². The smallest absolute Gasteiger partial charge is 0.232 e. The third-order valence-corrected chi connectivity index (χ3v) is 4.44. The third kappa shape index (κ3) is 5.21. The lowest BCUT2D eigenvalue weighted by molar-refractivity contribution is -0.116. The van der Waals surface area contributed by atoms with Crippen LogP contribution < -0.4 is 9.62 Å². The van der Waals surface area contributed by atoms with Gasteiger partial charge in [-0.15, -0.1) is 0 Å². The van der Waals surface area contributed by atoms with Crippen LogP contribution in [0.25, 0.3) is 0 Å². The van der Waals surface area contributed by atoms with Crippen molar-refractivity contribution in [2.24, 2.45) is 0 Å². The lowest BCUT2D eigenvalue weighted by Crippen LogP contribution is -2.33. The van der Waals surface area contributed by atoms with Gasteiger partial charge in [-0.25, -0.2) is 21.6 Å². The van der Waals surface area contributed by atoms with Gasteiger partial charge in [0.1, 0.15) is 17.5 Å². The largest absolute Gasteiger partial charge is 0.324 e. The number of benzene rings is 2. The van der Waals surface area contributed by atoms with Crippen LogP contribution in [0.4, 0.5) is 24.5 Å². The Kier molecular flexibility index (Phi) is 5.68. The molecule has 0 saturated carbocycles. The fraction of sp³-hybridized carbons (Fsp3) is 0.188. The fourth-order valence-electron chi connectivity index (χ4n) is 2.12. The van der Waals surface area contributed by atoms with Crippen molar-refractivity contribution in [1.82, 2.24) is 0 Å². The van der Waals surface area contributed by atoms with Gasteiger partial charge >= 0.3 is 0 Å². The molecule has 0 atom stereocenters. The number of nitrogens with zero attached hydrogens (tertiary/aromatic N) is 1. The van der Waals surface area contributed by atoms with E-state index in [0.717, 1.165) is 34.8 Å². The lowest BCUT2D eigenvalue weighted by atomic mass is 10.2. The minimum absolute atomic E-state index is 0.0725. The molecule has 134 valence electrons. The zero-order valence-electron chi connectivity index (χ0n) is 13.2. The molecule has 2 rings (SSSR count). The van der Waals surface area contributed by atoms with Crippen molar-refractivity contribution in [1.29, 1.82) is 0 Å². The average Bonchev–Trinajstić information content (AvgIpc) is 2.49. The van der Waals surface area contributed by atoms with E-state index < -0.39 is 33.4 Å². The number of rotatable bonds is 6. The molecule has 9 heteroatoms. The van der Waals surface area contributed by atoms with E-state index in [9.17, 15) is 26.4 Å². The maximum absolute atomic E-state index is 13.5. The summed E-state index contributed by atoms with van der Waals surface area (Å²) < 4.78 is 64.3. The summed E-state index contributed by atoms with van der Waals surface area (Å²) >= 11 is 0. The molecule has 0 aromatic heterocycles. The molecule has 2 aromatic carbocycles. The maximum atomic E-state index is 13.5. The van der Waals surface area contributed by atoms with Crippen LogP contribution in [0.5, 0.6) is 0 Å². The summed E-state index contributed by atoms with van der Waals surface area (Å²) in [5.74, 6) is -3.03. The van der Waals surface area contributed by atoms with Gasteiger partial charge in [0.25, 0.3) is 0 Å². The Morgan fingerprint density at radius 1 is 1.08 bits per heavy atom. The Hall–Kier alpha value is -2.55. The molecule has 0 heterocycles. The zero-order valence-corrected chi connectivity index (χ0v) is 14.0. The van der Waals surface area contributed by atoms with Gasteiger partial charge < -0.3 is 5.32 Å². The summed E-state index contributed by atoms with van der Waals surface area (Å²) in [6.07, 6.45) is 0.621. The summed E-state index contributed by atoms with van der Waals surface area (Å²) in [6, 6.07) is 7.58.